The number of nitrogens with one attached hydrogen (secondary N) is 1. The zero-order valence-corrected chi connectivity index (χ0v) is 16.7. The summed E-state index contributed by atoms with van der Waals surface area (Å²) in [6.45, 7) is 0.329. The summed E-state index contributed by atoms with van der Waals surface area (Å²) in [6, 6.07) is 6.47. The van der Waals surface area contributed by atoms with Crippen LogP contribution in [0.1, 0.15) is 6.42 Å². The van der Waals surface area contributed by atoms with E-state index in [0.29, 0.717) is 22.5 Å². The summed E-state index contributed by atoms with van der Waals surface area (Å²) >= 11 is 6.61. The van der Waals surface area contributed by atoms with Crippen LogP contribution in [-0.4, -0.2) is 35.4 Å². The Labute approximate surface area is 161 Å². The number of azo groups is 1. The summed E-state index contributed by atoms with van der Waals surface area (Å²) in [7, 11) is -3.96. The van der Waals surface area contributed by atoms with Crippen molar-refractivity contribution < 1.29 is 18.1 Å². The first-order valence-corrected chi connectivity index (χ1v) is 10.2. The fourth-order valence-electron chi connectivity index (χ4n) is 1.79. The molecule has 0 amide bonds. The number of benzene rings is 1. The molecule has 25 heavy (non-hydrogen) atoms. The van der Waals surface area contributed by atoms with Gasteiger partial charge in [-0.3, -0.25) is 4.55 Å². The number of halogens is 2. The lowest BCUT2D eigenvalue weighted by Gasteiger charge is -2.07. The second kappa shape index (κ2) is 8.70. The van der Waals surface area contributed by atoms with Crippen LogP contribution in [0.25, 0.3) is 0 Å². The van der Waals surface area contributed by atoms with Crippen molar-refractivity contribution in [2.75, 3.05) is 17.6 Å². The Bertz CT molecular complexity index is 890. The van der Waals surface area contributed by atoms with E-state index in [2.05, 4.69) is 52.4 Å². The van der Waals surface area contributed by atoms with E-state index in [4.69, 9.17) is 4.55 Å². The summed E-state index contributed by atoms with van der Waals surface area (Å²) < 4.78 is 31.4. The topological polar surface area (TPSA) is 124 Å². The van der Waals surface area contributed by atoms with Gasteiger partial charge in [0.05, 0.1) is 10.2 Å². The van der Waals surface area contributed by atoms with E-state index in [9.17, 15) is 13.5 Å². The van der Waals surface area contributed by atoms with E-state index in [0.717, 1.165) is 4.47 Å². The van der Waals surface area contributed by atoms with E-state index in [1.165, 1.54) is 6.07 Å². The number of aromatic nitrogens is 1. The van der Waals surface area contributed by atoms with Gasteiger partial charge in [0.15, 0.2) is 5.82 Å². The molecule has 1 heterocycles. The summed E-state index contributed by atoms with van der Waals surface area (Å²) in [4.78, 5) is 4.09. The van der Waals surface area contributed by atoms with Crippen molar-refractivity contribution in [3.8, 4) is 5.75 Å². The van der Waals surface area contributed by atoms with Crippen molar-refractivity contribution >= 4 is 59.2 Å². The number of rotatable bonds is 7. The highest BCUT2D eigenvalue weighted by Crippen LogP contribution is 2.32. The Hall–Kier alpha value is -1.56. The van der Waals surface area contributed by atoms with Crippen LogP contribution in [0.2, 0.25) is 0 Å². The van der Waals surface area contributed by atoms with Crippen LogP contribution >= 0.6 is 31.9 Å². The fraction of sp³-hybridized carbons (Fsp3) is 0.214. The van der Waals surface area contributed by atoms with E-state index >= 15 is 0 Å². The Morgan fingerprint density at radius 2 is 1.96 bits per heavy atom. The minimum Gasteiger partial charge on any atom is -0.506 e. The second-order valence-electron chi connectivity index (χ2n) is 4.93. The van der Waals surface area contributed by atoms with Gasteiger partial charge in [0.25, 0.3) is 10.1 Å². The van der Waals surface area contributed by atoms with Gasteiger partial charge in [-0.2, -0.15) is 8.42 Å². The Kier molecular flexibility index (Phi) is 6.87. The predicted octanol–water partition coefficient (Wildman–Crippen LogP) is 4.42. The summed E-state index contributed by atoms with van der Waals surface area (Å²) in [6.07, 6.45) is 1.82. The predicted molar refractivity (Wildman–Crippen MR) is 101 cm³/mol. The average Bonchev–Trinajstić information content (AvgIpc) is 2.51. The number of pyridine rings is 1. The second-order valence-corrected chi connectivity index (χ2v) is 8.27. The summed E-state index contributed by atoms with van der Waals surface area (Å²) in [5.41, 5.74) is 0.856. The smallest absolute Gasteiger partial charge is 0.264 e. The normalized spacial score (nSPS) is 11.8. The molecule has 0 aliphatic rings. The number of hydrogen-bond donors (Lipinski definition) is 3. The Morgan fingerprint density at radius 1 is 1.20 bits per heavy atom. The number of phenols is 1. The largest absolute Gasteiger partial charge is 0.506 e. The van der Waals surface area contributed by atoms with Crippen molar-refractivity contribution in [3.63, 3.8) is 0 Å². The van der Waals surface area contributed by atoms with Gasteiger partial charge < -0.3 is 10.4 Å². The lowest BCUT2D eigenvalue weighted by molar-refractivity contribution is 0.476. The van der Waals surface area contributed by atoms with Gasteiger partial charge in [-0.1, -0.05) is 0 Å². The average molecular weight is 494 g/mol. The molecule has 0 spiro atoms. The van der Waals surface area contributed by atoms with Crippen molar-refractivity contribution in [3.05, 3.63) is 39.4 Å². The molecule has 0 atom stereocenters. The third kappa shape index (κ3) is 6.69. The zero-order chi connectivity index (χ0) is 18.4. The van der Waals surface area contributed by atoms with Gasteiger partial charge in [0.1, 0.15) is 11.4 Å². The van der Waals surface area contributed by atoms with Crippen LogP contribution in [-0.2, 0) is 10.1 Å². The van der Waals surface area contributed by atoms with Crippen LogP contribution in [0.5, 0.6) is 5.75 Å². The van der Waals surface area contributed by atoms with Crippen LogP contribution in [0.3, 0.4) is 0 Å². The first kappa shape index (κ1) is 19.8. The van der Waals surface area contributed by atoms with E-state index < -0.39 is 10.1 Å². The maximum atomic E-state index is 10.6. The maximum Gasteiger partial charge on any atom is 0.264 e. The molecule has 8 nitrogen and oxygen atoms in total. The first-order chi connectivity index (χ1) is 11.7. The molecule has 0 aliphatic heterocycles. The minimum absolute atomic E-state index is 0.0863. The van der Waals surface area contributed by atoms with Gasteiger partial charge in [0.2, 0.25) is 0 Å². The molecule has 0 radical (unpaired) electrons. The molecule has 0 saturated carbocycles. The molecule has 1 aromatic carbocycles. The number of nitrogens with zero attached hydrogens (tertiary/aromatic N) is 3. The van der Waals surface area contributed by atoms with Gasteiger partial charge in [-0.05, 0) is 56.5 Å². The molecule has 2 aromatic rings. The molecule has 0 fully saturated rings. The molecule has 0 bridgehead atoms. The summed E-state index contributed by atoms with van der Waals surface area (Å²) in [5.74, 6) is -0.0420. The molecule has 0 unspecified atom stereocenters. The van der Waals surface area contributed by atoms with Crippen LogP contribution < -0.4 is 5.32 Å². The van der Waals surface area contributed by atoms with E-state index in [1.54, 1.807) is 24.4 Å². The first-order valence-electron chi connectivity index (χ1n) is 6.99. The van der Waals surface area contributed by atoms with Gasteiger partial charge in [0, 0.05) is 29.0 Å². The number of hydrogen-bond acceptors (Lipinski definition) is 7. The monoisotopic (exact) mass is 492 g/mol. The van der Waals surface area contributed by atoms with E-state index in [-0.39, 0.29) is 23.6 Å². The number of phenolic OH excluding ortho intramolecular Hbond substituents is 1. The van der Waals surface area contributed by atoms with E-state index in [1.807, 2.05) is 0 Å². The molecule has 3 N–H and O–H groups in total. The quantitative estimate of drug-likeness (QED) is 0.298. The molecular formula is C14H14Br2N4O4S. The lowest BCUT2D eigenvalue weighted by Crippen LogP contribution is -2.10. The SMILES string of the molecule is O=S(=O)(O)CCCNc1ccc(N=Nc2ncc(Br)cc2Br)c(O)c1. The number of anilines is 1. The van der Waals surface area contributed by atoms with Crippen LogP contribution in [0, 0.1) is 0 Å². The zero-order valence-electron chi connectivity index (χ0n) is 12.7. The van der Waals surface area contributed by atoms with Crippen molar-refractivity contribution in [1.82, 2.24) is 4.98 Å². The highest BCUT2D eigenvalue weighted by molar-refractivity contribution is 9.11. The Morgan fingerprint density at radius 3 is 2.60 bits per heavy atom. The molecular weight excluding hydrogens is 480 g/mol. The van der Waals surface area contributed by atoms with Crippen molar-refractivity contribution in [1.29, 1.82) is 0 Å². The standard InChI is InChI=1S/C14H14Br2N4O4S/c15-9-6-11(16)14(18-8-9)20-19-12-3-2-10(7-13(12)21)17-4-1-5-25(22,23)24/h2-3,6-8,17,21H,1,4-5H2,(H,22,23,24). The van der Waals surface area contributed by atoms with Crippen molar-refractivity contribution in [2.45, 2.75) is 6.42 Å². The van der Waals surface area contributed by atoms with Gasteiger partial charge >= 0.3 is 0 Å². The van der Waals surface area contributed by atoms with Crippen LogP contribution in [0.15, 0.2) is 49.6 Å². The molecule has 0 aliphatic carbocycles. The maximum absolute atomic E-state index is 10.6. The van der Waals surface area contributed by atoms with Crippen molar-refractivity contribution in [2.24, 2.45) is 10.2 Å². The summed E-state index contributed by atoms with van der Waals surface area (Å²) in [5, 5.41) is 20.9. The third-order valence-corrected chi connectivity index (χ3v) is 4.75. The van der Waals surface area contributed by atoms with Crippen LogP contribution in [0.4, 0.5) is 17.2 Å². The lowest BCUT2D eigenvalue weighted by atomic mass is 10.2. The van der Waals surface area contributed by atoms with Gasteiger partial charge in [-0.15, -0.1) is 10.2 Å². The molecule has 134 valence electrons. The highest BCUT2D eigenvalue weighted by atomic mass is 79.9. The molecule has 11 heteroatoms. The third-order valence-electron chi connectivity index (χ3n) is 2.92. The minimum atomic E-state index is -3.96. The highest BCUT2D eigenvalue weighted by Gasteiger charge is 2.06. The molecule has 1 aromatic heterocycles. The molecule has 2 rings (SSSR count). The Balaban J connectivity index is 2.00. The molecule has 0 saturated heterocycles. The fourth-order valence-corrected chi connectivity index (χ4v) is 3.36. The number of aromatic hydroxyl groups is 1. The van der Waals surface area contributed by atoms with Gasteiger partial charge in [-0.25, -0.2) is 4.98 Å².